The number of hydrogen-bond acceptors (Lipinski definition) is 3. The average molecular weight is 313 g/mol. The third-order valence-electron chi connectivity index (χ3n) is 2.34. The Bertz CT molecular complexity index is 550. The number of aromatic carboxylic acids is 1. The maximum absolute atomic E-state index is 11.0. The maximum Gasteiger partial charge on any atom is 0.336 e. The van der Waals surface area contributed by atoms with Crippen LogP contribution in [-0.2, 0) is 0 Å². The second-order valence-corrected chi connectivity index (χ2v) is 5.32. The lowest BCUT2D eigenvalue weighted by Crippen LogP contribution is -2.04. The van der Waals surface area contributed by atoms with Gasteiger partial charge in [-0.1, -0.05) is 28.1 Å². The third kappa shape index (κ3) is 2.57. The maximum atomic E-state index is 11.0. The number of carbonyl (C=O) groups is 1. The van der Waals surface area contributed by atoms with Crippen molar-refractivity contribution in [2.24, 2.45) is 0 Å². The van der Waals surface area contributed by atoms with Crippen LogP contribution in [0.5, 0.6) is 0 Å². The molecule has 3 nitrogen and oxygen atoms in total. The number of rotatable bonds is 3. The van der Waals surface area contributed by atoms with Crippen LogP contribution in [0.25, 0.3) is 0 Å². The van der Waals surface area contributed by atoms with E-state index in [2.05, 4.69) is 15.9 Å². The van der Waals surface area contributed by atoms with Gasteiger partial charge in [-0.15, -0.1) is 11.3 Å². The Hall–Kier alpha value is -1.17. The summed E-state index contributed by atoms with van der Waals surface area (Å²) in [5.74, 6) is -1.02. The normalized spacial score (nSPS) is 12.4. The van der Waals surface area contributed by atoms with E-state index in [0.29, 0.717) is 10.4 Å². The number of hydrogen-bond donors (Lipinski definition) is 2. The molecule has 17 heavy (non-hydrogen) atoms. The summed E-state index contributed by atoms with van der Waals surface area (Å²) in [4.78, 5) is 11.4. The van der Waals surface area contributed by atoms with Crippen molar-refractivity contribution in [2.45, 2.75) is 6.10 Å². The van der Waals surface area contributed by atoms with Crippen LogP contribution in [-0.4, -0.2) is 16.2 Å². The Morgan fingerprint density at radius 1 is 1.35 bits per heavy atom. The molecule has 0 saturated carbocycles. The molecule has 1 heterocycles. The lowest BCUT2D eigenvalue weighted by Gasteiger charge is -2.10. The smallest absolute Gasteiger partial charge is 0.336 e. The molecule has 1 atom stereocenters. The first-order chi connectivity index (χ1) is 8.09. The molecule has 1 aromatic carbocycles. The number of halogens is 1. The van der Waals surface area contributed by atoms with E-state index in [1.165, 1.54) is 17.4 Å². The molecule has 0 spiro atoms. The molecule has 0 radical (unpaired) electrons. The van der Waals surface area contributed by atoms with Crippen LogP contribution in [0.3, 0.4) is 0 Å². The van der Waals surface area contributed by atoms with Crippen molar-refractivity contribution < 1.29 is 15.0 Å². The fourth-order valence-electron chi connectivity index (χ4n) is 1.54. The Morgan fingerprint density at radius 2 is 2.12 bits per heavy atom. The zero-order chi connectivity index (χ0) is 12.4. The van der Waals surface area contributed by atoms with E-state index in [9.17, 15) is 9.90 Å². The van der Waals surface area contributed by atoms with Gasteiger partial charge in [-0.3, -0.25) is 0 Å². The Labute approximate surface area is 110 Å². The molecule has 88 valence electrons. The molecular weight excluding hydrogens is 304 g/mol. The Balaban J connectivity index is 2.40. The van der Waals surface area contributed by atoms with E-state index in [0.717, 1.165) is 4.47 Å². The minimum Gasteiger partial charge on any atom is -0.478 e. The van der Waals surface area contributed by atoms with Crippen molar-refractivity contribution in [3.05, 3.63) is 56.2 Å². The van der Waals surface area contributed by atoms with Gasteiger partial charge in [0.25, 0.3) is 0 Å². The lowest BCUT2D eigenvalue weighted by molar-refractivity contribution is 0.0692. The largest absolute Gasteiger partial charge is 0.478 e. The van der Waals surface area contributed by atoms with Crippen LogP contribution < -0.4 is 0 Å². The van der Waals surface area contributed by atoms with Crippen LogP contribution in [0.1, 0.15) is 26.9 Å². The van der Waals surface area contributed by atoms with Gasteiger partial charge >= 0.3 is 5.97 Å². The van der Waals surface area contributed by atoms with Crippen LogP contribution in [0.2, 0.25) is 0 Å². The van der Waals surface area contributed by atoms with Gasteiger partial charge in [-0.05, 0) is 29.1 Å². The van der Waals surface area contributed by atoms with Gasteiger partial charge in [-0.25, -0.2) is 4.79 Å². The van der Waals surface area contributed by atoms with E-state index in [4.69, 9.17) is 5.11 Å². The monoisotopic (exact) mass is 312 g/mol. The second-order valence-electron chi connectivity index (χ2n) is 3.46. The van der Waals surface area contributed by atoms with Crippen molar-refractivity contribution in [1.29, 1.82) is 0 Å². The van der Waals surface area contributed by atoms with E-state index in [-0.39, 0.29) is 5.56 Å². The van der Waals surface area contributed by atoms with Crippen molar-refractivity contribution in [3.8, 4) is 0 Å². The molecule has 2 aromatic rings. The first kappa shape index (κ1) is 12.3. The minimum absolute atomic E-state index is 0.155. The van der Waals surface area contributed by atoms with Crippen molar-refractivity contribution >= 4 is 33.2 Å². The molecule has 1 aromatic heterocycles. The topological polar surface area (TPSA) is 57.5 Å². The molecule has 2 rings (SSSR count). The predicted octanol–water partition coefficient (Wildman–Crippen LogP) is 3.29. The van der Waals surface area contributed by atoms with Gasteiger partial charge < -0.3 is 10.2 Å². The first-order valence-electron chi connectivity index (χ1n) is 4.84. The highest BCUT2D eigenvalue weighted by Crippen LogP contribution is 2.30. The van der Waals surface area contributed by atoms with Gasteiger partial charge in [0, 0.05) is 4.47 Å². The van der Waals surface area contributed by atoms with Crippen molar-refractivity contribution in [1.82, 2.24) is 0 Å². The van der Waals surface area contributed by atoms with Crippen LogP contribution in [0.4, 0.5) is 0 Å². The summed E-state index contributed by atoms with van der Waals surface area (Å²) in [7, 11) is 0. The molecular formula is C12H9BrO3S. The zero-order valence-corrected chi connectivity index (χ0v) is 11.0. The molecule has 2 N–H and O–H groups in total. The molecule has 1 unspecified atom stereocenters. The van der Waals surface area contributed by atoms with Gasteiger partial charge in [0.1, 0.15) is 6.10 Å². The minimum atomic E-state index is -1.02. The summed E-state index contributed by atoms with van der Waals surface area (Å²) in [6.45, 7) is 0. The third-order valence-corrected chi connectivity index (χ3v) is 3.80. The molecule has 0 bridgehead atoms. The van der Waals surface area contributed by atoms with Gasteiger partial charge in [0.2, 0.25) is 0 Å². The van der Waals surface area contributed by atoms with Crippen LogP contribution in [0, 0.1) is 0 Å². The van der Waals surface area contributed by atoms with Crippen LogP contribution >= 0.6 is 27.3 Å². The highest BCUT2D eigenvalue weighted by Gasteiger charge is 2.20. The highest BCUT2D eigenvalue weighted by molar-refractivity contribution is 9.10. The first-order valence-corrected chi connectivity index (χ1v) is 6.51. The summed E-state index contributed by atoms with van der Waals surface area (Å²) in [5, 5.41) is 20.8. The molecule has 0 saturated heterocycles. The number of carboxylic acids is 1. The molecule has 0 fully saturated rings. The highest BCUT2D eigenvalue weighted by atomic mass is 79.9. The summed E-state index contributed by atoms with van der Waals surface area (Å²) in [5.41, 5.74) is 0.826. The fourth-order valence-corrected chi connectivity index (χ4v) is 2.85. The predicted molar refractivity (Wildman–Crippen MR) is 69.5 cm³/mol. The fraction of sp³-hybridized carbons (Fsp3) is 0.0833. The van der Waals surface area contributed by atoms with Gasteiger partial charge in [0.15, 0.2) is 0 Å². The van der Waals surface area contributed by atoms with Gasteiger partial charge in [-0.2, -0.15) is 0 Å². The van der Waals surface area contributed by atoms with Crippen molar-refractivity contribution in [2.75, 3.05) is 0 Å². The summed E-state index contributed by atoms with van der Waals surface area (Å²) >= 11 is 4.56. The summed E-state index contributed by atoms with van der Waals surface area (Å²) in [6.07, 6.45) is -0.904. The quantitative estimate of drug-likeness (QED) is 0.914. The number of aliphatic hydroxyl groups excluding tert-OH is 1. The molecule has 0 aliphatic heterocycles. The SMILES string of the molecule is O=C(O)c1ccsc1C(O)c1cccc(Br)c1. The van der Waals surface area contributed by atoms with Crippen molar-refractivity contribution in [3.63, 3.8) is 0 Å². The molecule has 0 aliphatic carbocycles. The number of thiophene rings is 1. The molecule has 5 heteroatoms. The zero-order valence-electron chi connectivity index (χ0n) is 8.63. The summed E-state index contributed by atoms with van der Waals surface area (Å²) in [6, 6.07) is 8.69. The number of aliphatic hydroxyl groups is 1. The number of carboxylic acid groups (broad SMARTS) is 1. The Morgan fingerprint density at radius 3 is 2.76 bits per heavy atom. The molecule has 0 aliphatic rings. The van der Waals surface area contributed by atoms with E-state index < -0.39 is 12.1 Å². The average Bonchev–Trinajstić information content (AvgIpc) is 2.77. The van der Waals surface area contributed by atoms with E-state index >= 15 is 0 Å². The van der Waals surface area contributed by atoms with E-state index in [1.807, 2.05) is 6.07 Å². The van der Waals surface area contributed by atoms with E-state index in [1.54, 1.807) is 23.6 Å². The van der Waals surface area contributed by atoms with Crippen LogP contribution in [0.15, 0.2) is 40.2 Å². The second kappa shape index (κ2) is 5.00. The molecule has 0 amide bonds. The Kier molecular flexibility index (Phi) is 3.61. The lowest BCUT2D eigenvalue weighted by atomic mass is 10.1. The van der Waals surface area contributed by atoms with Gasteiger partial charge in [0.05, 0.1) is 10.4 Å². The summed E-state index contributed by atoms with van der Waals surface area (Å²) < 4.78 is 0.850. The number of benzene rings is 1. The standard InChI is InChI=1S/C12H9BrO3S/c13-8-3-1-2-7(6-8)10(14)11-9(12(15)16)4-5-17-11/h1-6,10,14H,(H,15,16).